The first kappa shape index (κ1) is 12.8. The molecule has 6 heteroatoms. The fraction of sp³-hybridized carbons (Fsp3) is 0.333. The van der Waals surface area contributed by atoms with Crippen molar-refractivity contribution in [2.75, 3.05) is 12.4 Å². The van der Waals surface area contributed by atoms with Crippen molar-refractivity contribution in [1.82, 2.24) is 9.36 Å². The first-order chi connectivity index (χ1) is 8.60. The molecule has 96 valence electrons. The fourth-order valence-corrected chi connectivity index (χ4v) is 2.11. The van der Waals surface area contributed by atoms with Crippen LogP contribution in [0.4, 0.5) is 15.2 Å². The summed E-state index contributed by atoms with van der Waals surface area (Å²) in [6, 6.07) is 4.58. The van der Waals surface area contributed by atoms with Gasteiger partial charge in [0, 0.05) is 29.2 Å². The third-order valence-electron chi connectivity index (χ3n) is 2.36. The van der Waals surface area contributed by atoms with Crippen molar-refractivity contribution in [1.29, 1.82) is 0 Å². The zero-order chi connectivity index (χ0) is 13.1. The number of methoxy groups -OCH3 is 1. The van der Waals surface area contributed by atoms with E-state index in [2.05, 4.69) is 14.7 Å². The Balaban J connectivity index is 2.17. The second-order valence-corrected chi connectivity index (χ2v) is 4.84. The van der Waals surface area contributed by atoms with E-state index in [4.69, 9.17) is 4.74 Å². The van der Waals surface area contributed by atoms with Gasteiger partial charge < -0.3 is 10.1 Å². The molecule has 0 spiro atoms. The van der Waals surface area contributed by atoms with Gasteiger partial charge in [0.05, 0.1) is 7.11 Å². The lowest BCUT2D eigenvalue weighted by Gasteiger charge is -2.05. The number of hydrogen-bond acceptors (Lipinski definition) is 5. The van der Waals surface area contributed by atoms with Crippen molar-refractivity contribution >= 4 is 22.4 Å². The van der Waals surface area contributed by atoms with Crippen LogP contribution >= 0.6 is 11.5 Å². The molecule has 0 bridgehead atoms. The summed E-state index contributed by atoms with van der Waals surface area (Å²) >= 11 is 1.28. The van der Waals surface area contributed by atoms with Gasteiger partial charge in [-0.1, -0.05) is 13.8 Å². The molecule has 0 saturated carbocycles. The largest absolute Gasteiger partial charge is 0.494 e. The maximum absolute atomic E-state index is 13.2. The minimum atomic E-state index is -0.386. The van der Waals surface area contributed by atoms with Crippen molar-refractivity contribution < 1.29 is 9.13 Å². The number of halogens is 1. The summed E-state index contributed by atoms with van der Waals surface area (Å²) in [4.78, 5) is 4.34. The Morgan fingerprint density at radius 3 is 2.78 bits per heavy atom. The maximum Gasteiger partial charge on any atom is 0.207 e. The summed E-state index contributed by atoms with van der Waals surface area (Å²) in [6.45, 7) is 4.07. The number of anilines is 2. The fourth-order valence-electron chi connectivity index (χ4n) is 1.38. The smallest absolute Gasteiger partial charge is 0.207 e. The van der Waals surface area contributed by atoms with E-state index >= 15 is 0 Å². The predicted molar refractivity (Wildman–Crippen MR) is 70.2 cm³/mol. The Hall–Kier alpha value is -1.69. The summed E-state index contributed by atoms with van der Waals surface area (Å²) in [5.41, 5.74) is 0.722. The number of nitrogens with zero attached hydrogens (tertiary/aromatic N) is 2. The predicted octanol–water partition coefficient (Wildman–Crippen LogP) is 3.55. The Morgan fingerprint density at radius 1 is 1.39 bits per heavy atom. The highest BCUT2D eigenvalue weighted by Gasteiger charge is 2.09. The van der Waals surface area contributed by atoms with Gasteiger partial charge >= 0.3 is 0 Å². The molecule has 0 aliphatic heterocycles. The molecule has 0 atom stereocenters. The van der Waals surface area contributed by atoms with Crippen LogP contribution in [0.15, 0.2) is 18.2 Å². The summed E-state index contributed by atoms with van der Waals surface area (Å²) in [5.74, 6) is 0.910. The Labute approximate surface area is 109 Å². The van der Waals surface area contributed by atoms with Gasteiger partial charge in [-0.3, -0.25) is 0 Å². The van der Waals surface area contributed by atoms with Gasteiger partial charge in [-0.15, -0.1) is 0 Å². The molecule has 0 unspecified atom stereocenters. The molecule has 1 aromatic carbocycles. The molecular formula is C12H14FN3OS. The first-order valence-corrected chi connectivity index (χ1v) is 6.31. The molecule has 2 rings (SSSR count). The minimum absolute atomic E-state index is 0.202. The minimum Gasteiger partial charge on any atom is -0.494 e. The monoisotopic (exact) mass is 267 g/mol. The Kier molecular flexibility index (Phi) is 3.76. The molecule has 0 aliphatic carbocycles. The van der Waals surface area contributed by atoms with Gasteiger partial charge in [0.25, 0.3) is 0 Å². The Morgan fingerprint density at radius 2 is 2.17 bits per heavy atom. The van der Waals surface area contributed by atoms with Crippen LogP contribution in [0.2, 0.25) is 0 Å². The number of ether oxygens (including phenoxy) is 1. The van der Waals surface area contributed by atoms with Crippen molar-refractivity contribution in [3.8, 4) is 5.75 Å². The van der Waals surface area contributed by atoms with Gasteiger partial charge in [-0.2, -0.15) is 4.37 Å². The van der Waals surface area contributed by atoms with E-state index in [-0.39, 0.29) is 11.6 Å². The molecule has 1 aromatic heterocycles. The van der Waals surface area contributed by atoms with Gasteiger partial charge in [-0.25, -0.2) is 9.37 Å². The maximum atomic E-state index is 13.2. The standard InChI is InChI=1S/C12H14FN3OS/c1-7(2)11-15-12(18-16-11)14-8-4-5-9(13)10(6-8)17-3/h4-7H,1-3H3,(H,14,15,16). The SMILES string of the molecule is COc1cc(Nc2nc(C(C)C)ns2)ccc1F. The summed E-state index contributed by atoms with van der Waals surface area (Å²) in [5, 5.41) is 3.77. The highest BCUT2D eigenvalue weighted by Crippen LogP contribution is 2.26. The van der Waals surface area contributed by atoms with E-state index < -0.39 is 0 Å². The molecule has 18 heavy (non-hydrogen) atoms. The van der Waals surface area contributed by atoms with Crippen molar-refractivity contribution in [3.05, 3.63) is 29.8 Å². The van der Waals surface area contributed by atoms with Crippen LogP contribution in [0.3, 0.4) is 0 Å². The lowest BCUT2D eigenvalue weighted by molar-refractivity contribution is 0.387. The van der Waals surface area contributed by atoms with Crippen LogP contribution in [0.5, 0.6) is 5.75 Å². The van der Waals surface area contributed by atoms with Crippen LogP contribution in [0, 0.1) is 5.82 Å². The van der Waals surface area contributed by atoms with Crippen LogP contribution in [-0.2, 0) is 0 Å². The molecule has 2 aromatic rings. The van der Waals surface area contributed by atoms with E-state index in [1.54, 1.807) is 12.1 Å². The number of aromatic nitrogens is 2. The second kappa shape index (κ2) is 5.30. The van der Waals surface area contributed by atoms with E-state index in [9.17, 15) is 4.39 Å². The third kappa shape index (κ3) is 2.76. The second-order valence-electron chi connectivity index (χ2n) is 4.09. The first-order valence-electron chi connectivity index (χ1n) is 5.54. The molecular weight excluding hydrogens is 253 g/mol. The van der Waals surface area contributed by atoms with Crippen molar-refractivity contribution in [2.24, 2.45) is 0 Å². The summed E-state index contributed by atoms with van der Waals surface area (Å²) in [7, 11) is 1.43. The lowest BCUT2D eigenvalue weighted by atomic mass is 10.2. The molecule has 1 heterocycles. The zero-order valence-corrected chi connectivity index (χ0v) is 11.2. The highest BCUT2D eigenvalue weighted by atomic mass is 32.1. The summed E-state index contributed by atoms with van der Waals surface area (Å²) in [6.07, 6.45) is 0. The van der Waals surface area contributed by atoms with Gasteiger partial charge in [0.1, 0.15) is 5.82 Å². The topological polar surface area (TPSA) is 47.0 Å². The molecule has 4 nitrogen and oxygen atoms in total. The average molecular weight is 267 g/mol. The van der Waals surface area contributed by atoms with E-state index in [1.807, 2.05) is 13.8 Å². The van der Waals surface area contributed by atoms with E-state index in [0.29, 0.717) is 11.0 Å². The molecule has 0 saturated heterocycles. The van der Waals surface area contributed by atoms with Crippen molar-refractivity contribution in [2.45, 2.75) is 19.8 Å². The molecule has 0 amide bonds. The van der Waals surface area contributed by atoms with E-state index in [1.165, 1.54) is 24.7 Å². The zero-order valence-electron chi connectivity index (χ0n) is 10.4. The van der Waals surface area contributed by atoms with Crippen molar-refractivity contribution in [3.63, 3.8) is 0 Å². The van der Waals surface area contributed by atoms with Gasteiger partial charge in [0.15, 0.2) is 11.6 Å². The lowest BCUT2D eigenvalue weighted by Crippen LogP contribution is -1.94. The van der Waals surface area contributed by atoms with Crippen LogP contribution < -0.4 is 10.1 Å². The number of nitrogens with one attached hydrogen (secondary N) is 1. The third-order valence-corrected chi connectivity index (χ3v) is 3.01. The number of hydrogen-bond donors (Lipinski definition) is 1. The highest BCUT2D eigenvalue weighted by molar-refractivity contribution is 7.09. The van der Waals surface area contributed by atoms with Gasteiger partial charge in [-0.05, 0) is 12.1 Å². The summed E-state index contributed by atoms with van der Waals surface area (Å²) < 4.78 is 22.4. The quantitative estimate of drug-likeness (QED) is 0.920. The Bertz CT molecular complexity index is 542. The van der Waals surface area contributed by atoms with Crippen LogP contribution in [0.1, 0.15) is 25.6 Å². The number of benzene rings is 1. The average Bonchev–Trinajstić information content (AvgIpc) is 2.80. The molecule has 0 fully saturated rings. The number of rotatable bonds is 4. The van der Waals surface area contributed by atoms with Crippen LogP contribution in [0.25, 0.3) is 0 Å². The molecule has 1 N–H and O–H groups in total. The normalized spacial score (nSPS) is 10.7. The molecule has 0 radical (unpaired) electrons. The molecule has 0 aliphatic rings. The van der Waals surface area contributed by atoms with Gasteiger partial charge in [0.2, 0.25) is 5.13 Å². The van der Waals surface area contributed by atoms with Crippen LogP contribution in [-0.4, -0.2) is 16.5 Å². The van der Waals surface area contributed by atoms with E-state index in [0.717, 1.165) is 11.5 Å².